The highest BCUT2D eigenvalue weighted by molar-refractivity contribution is 5.98. The van der Waals surface area contributed by atoms with E-state index in [1.54, 1.807) is 12.4 Å². The second kappa shape index (κ2) is 15.5. The minimum absolute atomic E-state index is 0.0275. The van der Waals surface area contributed by atoms with E-state index >= 15 is 0 Å². The van der Waals surface area contributed by atoms with Crippen LogP contribution in [-0.4, -0.2) is 85.8 Å². The Morgan fingerprint density at radius 3 is 2.12 bits per heavy atom. The smallest absolute Gasteiger partial charge is 0.407 e. The lowest BCUT2D eigenvalue weighted by molar-refractivity contribution is -0.139. The molecule has 0 bridgehead atoms. The molecular formula is C39H48N8O5. The zero-order chi connectivity index (χ0) is 37.1. The van der Waals surface area contributed by atoms with Crippen molar-refractivity contribution in [1.29, 1.82) is 0 Å². The molecule has 0 radical (unpaired) electrons. The van der Waals surface area contributed by atoms with E-state index in [4.69, 9.17) is 4.98 Å². The molecular weight excluding hydrogens is 660 g/mol. The molecule has 3 N–H and O–H groups in total. The number of hydrogen-bond acceptors (Lipinski definition) is 8. The summed E-state index contributed by atoms with van der Waals surface area (Å²) in [5.41, 5.74) is 3.63. The highest BCUT2D eigenvalue weighted by atomic mass is 16.5. The number of methoxy groups -OCH3 is 1. The number of imidazole rings is 1. The normalized spacial score (nSPS) is 18.5. The summed E-state index contributed by atoms with van der Waals surface area (Å²) in [7, 11) is 1.24. The molecule has 13 heteroatoms. The number of amides is 4. The molecule has 4 atom stereocenters. The third-order valence-electron chi connectivity index (χ3n) is 10.4. The maximum absolute atomic E-state index is 13.3. The molecule has 52 heavy (non-hydrogen) atoms. The molecule has 4 heterocycles. The van der Waals surface area contributed by atoms with Gasteiger partial charge in [0.15, 0.2) is 0 Å². The van der Waals surface area contributed by atoms with Gasteiger partial charge >= 0.3 is 6.09 Å². The number of carbonyl (C=O) groups is 4. The zero-order valence-electron chi connectivity index (χ0n) is 30.7. The monoisotopic (exact) mass is 708 g/mol. The molecule has 2 aliphatic heterocycles. The third-order valence-corrected chi connectivity index (χ3v) is 10.4. The topological polar surface area (TPSA) is 163 Å². The Bertz CT molecular complexity index is 1940. The van der Waals surface area contributed by atoms with Crippen molar-refractivity contribution in [3.8, 4) is 22.4 Å². The number of nitrogens with one attached hydrogen (secondary N) is 3. The van der Waals surface area contributed by atoms with E-state index in [1.807, 2.05) is 37.9 Å². The third kappa shape index (κ3) is 7.63. The number of H-pyrrole nitrogens is 1. The van der Waals surface area contributed by atoms with E-state index in [1.165, 1.54) is 12.0 Å². The van der Waals surface area contributed by atoms with Gasteiger partial charge in [-0.3, -0.25) is 19.7 Å². The standard InChI is InChI=1S/C39H48N8O5/c1-22(2)24(5)36(49)46-15-7-9-31(46)34-40-21-30(43-34)28-14-13-25-17-27(12-11-26(25)18-28)29-19-41-38(42-20-29)45-35(48)32-10-8-16-47(32)37(50)33(23(3)4)44-39(51)52-6/h11-14,17-24,31-33H,7-10,15-16H2,1-6H3,(H,40,43)(H,44,51)(H,41,42,45,48)/t24-,31-,32-,33-/m0/s1. The molecule has 2 saturated heterocycles. The van der Waals surface area contributed by atoms with Gasteiger partial charge in [-0.1, -0.05) is 58.9 Å². The summed E-state index contributed by atoms with van der Waals surface area (Å²) < 4.78 is 4.69. The van der Waals surface area contributed by atoms with Gasteiger partial charge in [0, 0.05) is 42.5 Å². The lowest BCUT2D eigenvalue weighted by Gasteiger charge is -2.30. The SMILES string of the molecule is COC(=O)N[C@H](C(=O)N1CCC[C@H]1C(=O)Nc1ncc(-c2ccc3cc(-c4cnc([C@@H]5CCCN5C(=O)[C@@H](C)C(C)C)[nH]4)ccc3c2)cn1)C(C)C. The van der Waals surface area contributed by atoms with Gasteiger partial charge in [0.1, 0.15) is 17.9 Å². The summed E-state index contributed by atoms with van der Waals surface area (Å²) in [5.74, 6) is 0.526. The lowest BCUT2D eigenvalue weighted by Crippen LogP contribution is -2.54. The fraction of sp³-hybridized carbons (Fsp3) is 0.462. The first-order valence-electron chi connectivity index (χ1n) is 18.1. The van der Waals surface area contributed by atoms with Crippen LogP contribution < -0.4 is 10.6 Å². The summed E-state index contributed by atoms with van der Waals surface area (Å²) >= 11 is 0. The number of anilines is 1. The molecule has 4 amide bonds. The number of benzene rings is 2. The van der Waals surface area contributed by atoms with Crippen LogP contribution in [0.4, 0.5) is 10.7 Å². The Labute approximate surface area is 303 Å². The molecule has 2 fully saturated rings. The minimum Gasteiger partial charge on any atom is -0.453 e. The van der Waals surface area contributed by atoms with Crippen LogP contribution in [-0.2, 0) is 19.1 Å². The fourth-order valence-corrected chi connectivity index (χ4v) is 7.02. The number of hydrogen-bond donors (Lipinski definition) is 3. The van der Waals surface area contributed by atoms with Crippen molar-refractivity contribution in [2.45, 2.75) is 78.4 Å². The van der Waals surface area contributed by atoms with E-state index in [-0.39, 0.29) is 47.5 Å². The van der Waals surface area contributed by atoms with Crippen LogP contribution in [0.25, 0.3) is 33.2 Å². The minimum atomic E-state index is -0.812. The molecule has 2 aliphatic rings. The second-order valence-corrected chi connectivity index (χ2v) is 14.5. The van der Waals surface area contributed by atoms with Crippen LogP contribution in [0.3, 0.4) is 0 Å². The summed E-state index contributed by atoms with van der Waals surface area (Å²) in [6.45, 7) is 11.0. The lowest BCUT2D eigenvalue weighted by atomic mass is 9.96. The first-order chi connectivity index (χ1) is 24.9. The average Bonchev–Trinajstić information content (AvgIpc) is 3.94. The predicted octanol–water partition coefficient (Wildman–Crippen LogP) is 5.95. The Kier molecular flexibility index (Phi) is 10.9. The van der Waals surface area contributed by atoms with Crippen LogP contribution in [0.1, 0.15) is 72.2 Å². The zero-order valence-corrected chi connectivity index (χ0v) is 30.7. The molecule has 4 aromatic rings. The number of likely N-dealkylation sites (tertiary alicyclic amines) is 2. The molecule has 2 aromatic heterocycles. The Morgan fingerprint density at radius 1 is 0.788 bits per heavy atom. The number of aromatic nitrogens is 4. The molecule has 13 nitrogen and oxygen atoms in total. The number of alkyl carbamates (subject to hydrolysis) is 1. The number of carbonyl (C=O) groups excluding carboxylic acids is 4. The molecule has 6 rings (SSSR count). The molecule has 0 saturated carbocycles. The van der Waals surface area contributed by atoms with E-state index in [0.29, 0.717) is 19.4 Å². The molecule has 2 aromatic carbocycles. The van der Waals surface area contributed by atoms with Crippen molar-refractivity contribution in [3.63, 3.8) is 0 Å². The number of aromatic amines is 1. The highest BCUT2D eigenvalue weighted by Crippen LogP contribution is 2.34. The molecule has 274 valence electrons. The van der Waals surface area contributed by atoms with Gasteiger partial charge in [-0.05, 0) is 66.0 Å². The Hall–Kier alpha value is -5.33. The van der Waals surface area contributed by atoms with E-state index in [9.17, 15) is 19.2 Å². The van der Waals surface area contributed by atoms with Gasteiger partial charge < -0.3 is 24.8 Å². The van der Waals surface area contributed by atoms with E-state index in [0.717, 1.165) is 58.4 Å². The van der Waals surface area contributed by atoms with Crippen LogP contribution in [0.15, 0.2) is 55.0 Å². The summed E-state index contributed by atoms with van der Waals surface area (Å²) in [4.78, 5) is 72.1. The Balaban J connectivity index is 1.11. The number of fused-ring (bicyclic) bond motifs is 1. The summed E-state index contributed by atoms with van der Waals surface area (Å²) in [5, 5.41) is 7.45. The summed E-state index contributed by atoms with van der Waals surface area (Å²) in [6.07, 6.45) is 7.51. The van der Waals surface area contributed by atoms with Gasteiger partial charge in [0.2, 0.25) is 23.7 Å². The van der Waals surface area contributed by atoms with Gasteiger partial charge in [-0.25, -0.2) is 19.7 Å². The van der Waals surface area contributed by atoms with Crippen molar-refractivity contribution >= 4 is 40.5 Å². The fourth-order valence-electron chi connectivity index (χ4n) is 7.02. The van der Waals surface area contributed by atoms with Crippen molar-refractivity contribution in [3.05, 3.63) is 60.8 Å². The summed E-state index contributed by atoms with van der Waals surface area (Å²) in [6, 6.07) is 10.8. The van der Waals surface area contributed by atoms with Gasteiger partial charge in [0.25, 0.3) is 0 Å². The van der Waals surface area contributed by atoms with Crippen LogP contribution >= 0.6 is 0 Å². The Morgan fingerprint density at radius 2 is 1.44 bits per heavy atom. The largest absolute Gasteiger partial charge is 0.453 e. The van der Waals surface area contributed by atoms with Gasteiger partial charge in [-0.2, -0.15) is 0 Å². The molecule has 0 unspecified atom stereocenters. The number of nitrogens with zero attached hydrogens (tertiary/aromatic N) is 5. The van der Waals surface area contributed by atoms with Crippen LogP contribution in [0.2, 0.25) is 0 Å². The van der Waals surface area contributed by atoms with Crippen molar-refractivity contribution in [2.24, 2.45) is 17.8 Å². The first-order valence-corrected chi connectivity index (χ1v) is 18.1. The van der Waals surface area contributed by atoms with Gasteiger partial charge in [-0.15, -0.1) is 0 Å². The van der Waals surface area contributed by atoms with Crippen molar-refractivity contribution in [2.75, 3.05) is 25.5 Å². The van der Waals surface area contributed by atoms with Gasteiger partial charge in [0.05, 0.1) is 25.0 Å². The van der Waals surface area contributed by atoms with Crippen molar-refractivity contribution in [1.82, 2.24) is 35.1 Å². The van der Waals surface area contributed by atoms with Crippen molar-refractivity contribution < 1.29 is 23.9 Å². The highest BCUT2D eigenvalue weighted by Gasteiger charge is 2.39. The van der Waals surface area contributed by atoms with Crippen LogP contribution in [0.5, 0.6) is 0 Å². The quantitative estimate of drug-likeness (QED) is 0.182. The average molecular weight is 709 g/mol. The van der Waals surface area contributed by atoms with E-state index in [2.05, 4.69) is 74.5 Å². The predicted molar refractivity (Wildman–Crippen MR) is 198 cm³/mol. The van der Waals surface area contributed by atoms with Crippen LogP contribution in [0, 0.1) is 17.8 Å². The number of rotatable bonds is 10. The van der Waals surface area contributed by atoms with E-state index < -0.39 is 18.2 Å². The maximum atomic E-state index is 13.3. The molecule has 0 aliphatic carbocycles. The second-order valence-electron chi connectivity index (χ2n) is 14.5. The number of ether oxygens (including phenoxy) is 1. The maximum Gasteiger partial charge on any atom is 0.407 e. The first kappa shape index (κ1) is 36.5. The molecule has 0 spiro atoms.